The SMILES string of the molecule is Cc1cc(NC(=O)COC(=O)/C=C/c2cn(-c3ccccc3)nc2-c2ccc(F)cc2)n(C)n1. The van der Waals surface area contributed by atoms with E-state index < -0.39 is 18.5 Å². The summed E-state index contributed by atoms with van der Waals surface area (Å²) in [5.74, 6) is -1.01. The first kappa shape index (κ1) is 22.7. The molecule has 0 saturated heterocycles. The maximum atomic E-state index is 13.4. The third-order valence-corrected chi connectivity index (χ3v) is 4.89. The van der Waals surface area contributed by atoms with Crippen molar-refractivity contribution in [1.82, 2.24) is 19.6 Å². The van der Waals surface area contributed by atoms with Crippen molar-refractivity contribution in [3.8, 4) is 16.9 Å². The Kier molecular flexibility index (Phi) is 6.63. The number of ether oxygens (including phenoxy) is 1. The Hall–Kier alpha value is -4.53. The van der Waals surface area contributed by atoms with Gasteiger partial charge in [-0.3, -0.25) is 9.48 Å². The molecule has 172 valence electrons. The molecule has 4 rings (SSSR count). The van der Waals surface area contributed by atoms with Gasteiger partial charge in [0.15, 0.2) is 6.61 Å². The van der Waals surface area contributed by atoms with Gasteiger partial charge < -0.3 is 10.1 Å². The highest BCUT2D eigenvalue weighted by Crippen LogP contribution is 2.25. The molecule has 0 saturated carbocycles. The second-order valence-electron chi connectivity index (χ2n) is 7.50. The lowest BCUT2D eigenvalue weighted by Crippen LogP contribution is -2.21. The van der Waals surface area contributed by atoms with E-state index in [1.807, 2.05) is 30.3 Å². The van der Waals surface area contributed by atoms with Gasteiger partial charge in [-0.05, 0) is 49.4 Å². The lowest BCUT2D eigenvalue weighted by molar-refractivity contribution is -0.142. The topological polar surface area (TPSA) is 91.0 Å². The number of anilines is 1. The zero-order chi connectivity index (χ0) is 24.1. The van der Waals surface area contributed by atoms with E-state index in [0.29, 0.717) is 22.6 Å². The number of para-hydroxylation sites is 1. The van der Waals surface area contributed by atoms with Crippen molar-refractivity contribution in [3.63, 3.8) is 0 Å². The van der Waals surface area contributed by atoms with E-state index in [-0.39, 0.29) is 5.82 Å². The standard InChI is InChI=1S/C25H22FN5O3/c1-17-14-22(30(2)28-17)27-23(32)16-34-24(33)13-10-19-15-31(21-6-4-3-5-7-21)29-25(19)18-8-11-20(26)12-9-18/h3-15H,16H2,1-2H3,(H,27,32)/b13-10+. The third kappa shape index (κ3) is 5.44. The molecule has 4 aromatic rings. The van der Waals surface area contributed by atoms with Gasteiger partial charge in [-0.2, -0.15) is 10.2 Å². The van der Waals surface area contributed by atoms with E-state index in [1.165, 1.54) is 22.9 Å². The molecule has 0 spiro atoms. The van der Waals surface area contributed by atoms with Crippen LogP contribution >= 0.6 is 0 Å². The number of esters is 1. The highest BCUT2D eigenvalue weighted by atomic mass is 19.1. The van der Waals surface area contributed by atoms with Crippen LogP contribution in [0.1, 0.15) is 11.3 Å². The molecule has 0 atom stereocenters. The van der Waals surface area contributed by atoms with Crippen molar-refractivity contribution >= 4 is 23.8 Å². The molecule has 1 amide bonds. The summed E-state index contributed by atoms with van der Waals surface area (Å²) in [5.41, 5.74) is 3.47. The van der Waals surface area contributed by atoms with Crippen molar-refractivity contribution in [2.24, 2.45) is 7.05 Å². The number of rotatable bonds is 7. The predicted octanol–water partition coefficient (Wildman–Crippen LogP) is 3.92. The van der Waals surface area contributed by atoms with Gasteiger partial charge in [0.05, 0.1) is 17.1 Å². The fourth-order valence-corrected chi connectivity index (χ4v) is 3.30. The average molecular weight is 459 g/mol. The summed E-state index contributed by atoms with van der Waals surface area (Å²) in [6.45, 7) is 1.36. The summed E-state index contributed by atoms with van der Waals surface area (Å²) >= 11 is 0. The molecular weight excluding hydrogens is 437 g/mol. The Bertz CT molecular complexity index is 1340. The summed E-state index contributed by atoms with van der Waals surface area (Å²) < 4.78 is 21.7. The summed E-state index contributed by atoms with van der Waals surface area (Å²) in [4.78, 5) is 24.3. The molecule has 2 heterocycles. The number of aromatic nitrogens is 4. The number of carbonyl (C=O) groups excluding carboxylic acids is 2. The molecule has 0 aliphatic heterocycles. The number of halogens is 1. The van der Waals surface area contributed by atoms with Gasteiger partial charge >= 0.3 is 5.97 Å². The Balaban J connectivity index is 1.48. The minimum Gasteiger partial charge on any atom is -0.452 e. The molecule has 34 heavy (non-hydrogen) atoms. The molecule has 2 aromatic heterocycles. The van der Waals surface area contributed by atoms with E-state index in [1.54, 1.807) is 49.1 Å². The smallest absolute Gasteiger partial charge is 0.331 e. The Morgan fingerprint density at radius 2 is 1.82 bits per heavy atom. The lowest BCUT2D eigenvalue weighted by Gasteiger charge is -2.05. The van der Waals surface area contributed by atoms with Crippen LogP contribution in [0.4, 0.5) is 10.2 Å². The van der Waals surface area contributed by atoms with Crippen LogP contribution in [0.25, 0.3) is 23.0 Å². The third-order valence-electron chi connectivity index (χ3n) is 4.89. The molecule has 0 aliphatic carbocycles. The first-order valence-corrected chi connectivity index (χ1v) is 10.5. The Morgan fingerprint density at radius 1 is 1.09 bits per heavy atom. The van der Waals surface area contributed by atoms with Gasteiger partial charge in [0.2, 0.25) is 0 Å². The maximum absolute atomic E-state index is 13.4. The monoisotopic (exact) mass is 459 g/mol. The largest absolute Gasteiger partial charge is 0.452 e. The number of carbonyl (C=O) groups is 2. The number of hydrogen-bond donors (Lipinski definition) is 1. The van der Waals surface area contributed by atoms with Gasteiger partial charge in [-0.15, -0.1) is 0 Å². The molecule has 0 unspecified atom stereocenters. The van der Waals surface area contributed by atoms with Gasteiger partial charge in [0.1, 0.15) is 11.6 Å². The van der Waals surface area contributed by atoms with Crippen LogP contribution in [0.3, 0.4) is 0 Å². The number of benzene rings is 2. The van der Waals surface area contributed by atoms with Crippen LogP contribution in [0, 0.1) is 12.7 Å². The quantitative estimate of drug-likeness (QED) is 0.334. The number of hydrogen-bond acceptors (Lipinski definition) is 5. The van der Waals surface area contributed by atoms with E-state index in [4.69, 9.17) is 4.74 Å². The zero-order valence-electron chi connectivity index (χ0n) is 18.6. The molecule has 0 fully saturated rings. The van der Waals surface area contributed by atoms with Crippen LogP contribution in [-0.4, -0.2) is 38.0 Å². The number of aryl methyl sites for hydroxylation is 2. The second-order valence-corrected chi connectivity index (χ2v) is 7.50. The molecule has 8 nitrogen and oxygen atoms in total. The summed E-state index contributed by atoms with van der Waals surface area (Å²) in [6.07, 6.45) is 4.53. The highest BCUT2D eigenvalue weighted by Gasteiger charge is 2.12. The van der Waals surface area contributed by atoms with Crippen molar-refractivity contribution in [2.75, 3.05) is 11.9 Å². The van der Waals surface area contributed by atoms with E-state index in [2.05, 4.69) is 15.5 Å². The fraction of sp³-hybridized carbons (Fsp3) is 0.120. The maximum Gasteiger partial charge on any atom is 0.331 e. The molecule has 1 N–H and O–H groups in total. The van der Waals surface area contributed by atoms with Crippen molar-refractivity contribution in [3.05, 3.63) is 90.0 Å². The predicted molar refractivity (Wildman–Crippen MR) is 126 cm³/mol. The van der Waals surface area contributed by atoms with E-state index in [0.717, 1.165) is 11.4 Å². The van der Waals surface area contributed by atoms with Crippen LogP contribution < -0.4 is 5.32 Å². The van der Waals surface area contributed by atoms with E-state index in [9.17, 15) is 14.0 Å². The zero-order valence-corrected chi connectivity index (χ0v) is 18.6. The van der Waals surface area contributed by atoms with Gasteiger partial charge in [-0.1, -0.05) is 18.2 Å². The molecule has 9 heteroatoms. The first-order chi connectivity index (χ1) is 16.4. The summed E-state index contributed by atoms with van der Waals surface area (Å²) in [6, 6.07) is 17.1. The first-order valence-electron chi connectivity index (χ1n) is 10.5. The number of nitrogens with zero attached hydrogens (tertiary/aromatic N) is 4. The van der Waals surface area contributed by atoms with Crippen LogP contribution in [0.15, 0.2) is 72.9 Å². The molecule has 2 aromatic carbocycles. The molecule has 0 bridgehead atoms. The summed E-state index contributed by atoms with van der Waals surface area (Å²) in [7, 11) is 1.70. The van der Waals surface area contributed by atoms with Crippen LogP contribution in [0.5, 0.6) is 0 Å². The highest BCUT2D eigenvalue weighted by molar-refractivity contribution is 5.94. The molecule has 0 aliphatic rings. The van der Waals surface area contributed by atoms with Crippen molar-refractivity contribution in [1.29, 1.82) is 0 Å². The van der Waals surface area contributed by atoms with Crippen molar-refractivity contribution < 1.29 is 18.7 Å². The summed E-state index contributed by atoms with van der Waals surface area (Å²) in [5, 5.41) is 11.4. The Labute approximate surface area is 195 Å². The fourth-order valence-electron chi connectivity index (χ4n) is 3.30. The second kappa shape index (κ2) is 9.95. The van der Waals surface area contributed by atoms with Crippen LogP contribution in [0.2, 0.25) is 0 Å². The van der Waals surface area contributed by atoms with Crippen LogP contribution in [-0.2, 0) is 21.4 Å². The minimum atomic E-state index is -0.686. The minimum absolute atomic E-state index is 0.355. The van der Waals surface area contributed by atoms with Crippen molar-refractivity contribution in [2.45, 2.75) is 6.92 Å². The Morgan fingerprint density at radius 3 is 2.50 bits per heavy atom. The van der Waals surface area contributed by atoms with Gasteiger partial charge in [0, 0.05) is 36.5 Å². The lowest BCUT2D eigenvalue weighted by atomic mass is 10.1. The van der Waals surface area contributed by atoms with Gasteiger partial charge in [-0.25, -0.2) is 13.9 Å². The van der Waals surface area contributed by atoms with Gasteiger partial charge in [0.25, 0.3) is 5.91 Å². The number of nitrogens with one attached hydrogen (secondary N) is 1. The normalized spacial score (nSPS) is 11.0. The molecular formula is C25H22FN5O3. The number of amides is 1. The van der Waals surface area contributed by atoms with E-state index >= 15 is 0 Å². The molecule has 0 radical (unpaired) electrons. The average Bonchev–Trinajstić information content (AvgIpc) is 3.39.